The van der Waals surface area contributed by atoms with Crippen molar-refractivity contribution in [3.05, 3.63) is 51.4 Å². The average Bonchev–Trinajstić information content (AvgIpc) is 3.05. The Morgan fingerprint density at radius 3 is 2.81 bits per heavy atom. The van der Waals surface area contributed by atoms with Crippen molar-refractivity contribution in [3.8, 4) is 0 Å². The van der Waals surface area contributed by atoms with Gasteiger partial charge in [-0.2, -0.15) is 11.3 Å². The first-order chi connectivity index (χ1) is 12.6. The lowest BCUT2D eigenvalue weighted by Gasteiger charge is -2.34. The molecule has 1 atom stereocenters. The van der Waals surface area contributed by atoms with Crippen molar-refractivity contribution in [2.45, 2.75) is 45.3 Å². The van der Waals surface area contributed by atoms with E-state index in [2.05, 4.69) is 31.6 Å². The minimum atomic E-state index is 0.200. The van der Waals surface area contributed by atoms with E-state index in [1.807, 2.05) is 12.1 Å². The van der Waals surface area contributed by atoms with Gasteiger partial charge in [0.15, 0.2) is 0 Å². The van der Waals surface area contributed by atoms with E-state index in [1.54, 1.807) is 24.5 Å². The first-order valence-electron chi connectivity index (χ1n) is 9.17. The summed E-state index contributed by atoms with van der Waals surface area (Å²) in [4.78, 5) is 21.2. The molecule has 4 nitrogen and oxygen atoms in total. The summed E-state index contributed by atoms with van der Waals surface area (Å²) in [5.41, 5.74) is 2.66. The minimum absolute atomic E-state index is 0.200. The number of carbonyl (C=O) groups excluding carboxylic acids is 1. The zero-order chi connectivity index (χ0) is 18.1. The second-order valence-electron chi connectivity index (χ2n) is 7.60. The van der Waals surface area contributed by atoms with E-state index in [4.69, 9.17) is 11.6 Å². The zero-order valence-corrected chi connectivity index (χ0v) is 16.6. The third kappa shape index (κ3) is 3.80. The summed E-state index contributed by atoms with van der Waals surface area (Å²) >= 11 is 7.61. The molecule has 1 spiro atoms. The quantitative estimate of drug-likeness (QED) is 0.768. The first kappa shape index (κ1) is 18.0. The number of aromatic nitrogens is 1. The number of nitrogens with zero attached hydrogens (tertiary/aromatic N) is 3. The zero-order valence-electron chi connectivity index (χ0n) is 15.0. The van der Waals surface area contributed by atoms with E-state index in [-0.39, 0.29) is 5.91 Å². The van der Waals surface area contributed by atoms with E-state index in [9.17, 15) is 4.79 Å². The van der Waals surface area contributed by atoms with Gasteiger partial charge in [-0.1, -0.05) is 11.6 Å². The lowest BCUT2D eigenvalue weighted by Crippen LogP contribution is -2.39. The summed E-state index contributed by atoms with van der Waals surface area (Å²) in [6.45, 7) is 5.49. The Morgan fingerprint density at radius 1 is 1.38 bits per heavy atom. The van der Waals surface area contributed by atoms with Crippen LogP contribution >= 0.6 is 22.9 Å². The van der Waals surface area contributed by atoms with Crippen LogP contribution in [0, 0.1) is 5.41 Å². The Hall–Kier alpha value is -1.43. The van der Waals surface area contributed by atoms with E-state index in [1.165, 1.54) is 18.4 Å². The fraction of sp³-hybridized carbons (Fsp3) is 0.500. The Balaban J connectivity index is 1.34. The van der Waals surface area contributed by atoms with Crippen molar-refractivity contribution < 1.29 is 4.79 Å². The number of thiophene rings is 1. The van der Waals surface area contributed by atoms with Gasteiger partial charge >= 0.3 is 0 Å². The molecule has 4 rings (SSSR count). The highest BCUT2D eigenvalue weighted by molar-refractivity contribution is 7.07. The molecule has 2 aromatic rings. The van der Waals surface area contributed by atoms with Crippen LogP contribution in [0.2, 0.25) is 5.02 Å². The predicted molar refractivity (Wildman–Crippen MR) is 105 cm³/mol. The van der Waals surface area contributed by atoms with Crippen molar-refractivity contribution in [1.82, 2.24) is 14.8 Å². The Labute approximate surface area is 163 Å². The molecule has 0 radical (unpaired) electrons. The molecule has 138 valence electrons. The largest absolute Gasteiger partial charge is 0.335 e. The van der Waals surface area contributed by atoms with Crippen molar-refractivity contribution in [2.24, 2.45) is 5.41 Å². The molecule has 0 bridgehead atoms. The molecule has 2 aliphatic rings. The van der Waals surface area contributed by atoms with Crippen LogP contribution < -0.4 is 0 Å². The highest BCUT2D eigenvalue weighted by atomic mass is 35.5. The Morgan fingerprint density at radius 2 is 2.19 bits per heavy atom. The van der Waals surface area contributed by atoms with Gasteiger partial charge in [0.05, 0.1) is 10.7 Å². The van der Waals surface area contributed by atoms with Crippen LogP contribution in [0.3, 0.4) is 0 Å². The van der Waals surface area contributed by atoms with Gasteiger partial charge in [-0.15, -0.1) is 0 Å². The maximum absolute atomic E-state index is 12.2. The topological polar surface area (TPSA) is 36.4 Å². The van der Waals surface area contributed by atoms with Crippen LogP contribution in [0.5, 0.6) is 0 Å². The standard InChI is InChI=1S/C20H24ClN3OS/c1-15(25)24(12-16-4-9-26-14-16)19-10-20(19)5-7-23(8-6-20)13-18-3-2-17(21)11-22-18/h2-4,9,11,14,19H,5-8,10,12-13H2,1H3/t19-/m1/s1. The van der Waals surface area contributed by atoms with Crippen LogP contribution in [0.25, 0.3) is 0 Å². The molecule has 2 aromatic heterocycles. The fourth-order valence-electron chi connectivity index (χ4n) is 4.21. The molecule has 1 saturated carbocycles. The molecule has 2 fully saturated rings. The van der Waals surface area contributed by atoms with Crippen LogP contribution in [0.15, 0.2) is 35.2 Å². The van der Waals surface area contributed by atoms with E-state index in [0.29, 0.717) is 16.5 Å². The molecule has 3 heterocycles. The molecule has 1 aliphatic heterocycles. The SMILES string of the molecule is CC(=O)N(Cc1ccsc1)[C@@H]1CC12CCN(Cc1ccc(Cl)cn1)CC2. The predicted octanol–water partition coefficient (Wildman–Crippen LogP) is 4.20. The van der Waals surface area contributed by atoms with Crippen molar-refractivity contribution >= 4 is 28.8 Å². The van der Waals surface area contributed by atoms with Gasteiger partial charge in [0.2, 0.25) is 5.91 Å². The molecule has 0 N–H and O–H groups in total. The number of rotatable bonds is 5. The maximum atomic E-state index is 12.2. The fourth-order valence-corrected chi connectivity index (χ4v) is 4.98. The number of likely N-dealkylation sites (tertiary alicyclic amines) is 1. The van der Waals surface area contributed by atoms with Gasteiger partial charge in [-0.05, 0) is 72.3 Å². The molecule has 1 amide bonds. The van der Waals surface area contributed by atoms with Gasteiger partial charge in [0, 0.05) is 32.3 Å². The molecule has 1 aliphatic carbocycles. The summed E-state index contributed by atoms with van der Waals surface area (Å²) in [5, 5.41) is 4.91. The molecule has 26 heavy (non-hydrogen) atoms. The average molecular weight is 390 g/mol. The van der Waals surface area contributed by atoms with Gasteiger partial charge in [0.25, 0.3) is 0 Å². The summed E-state index contributed by atoms with van der Waals surface area (Å²) < 4.78 is 0. The number of halogens is 1. The normalized spacial score (nSPS) is 21.7. The number of hydrogen-bond donors (Lipinski definition) is 0. The third-order valence-electron chi connectivity index (χ3n) is 5.89. The number of hydrogen-bond acceptors (Lipinski definition) is 4. The highest BCUT2D eigenvalue weighted by Crippen LogP contribution is 2.57. The lowest BCUT2D eigenvalue weighted by molar-refractivity contribution is -0.130. The van der Waals surface area contributed by atoms with E-state index in [0.717, 1.165) is 38.3 Å². The Bertz CT molecular complexity index is 754. The first-order valence-corrected chi connectivity index (χ1v) is 10.5. The number of piperidine rings is 1. The number of amides is 1. The lowest BCUT2D eigenvalue weighted by atomic mass is 9.92. The summed E-state index contributed by atoms with van der Waals surface area (Å²) in [6.07, 6.45) is 5.20. The summed E-state index contributed by atoms with van der Waals surface area (Å²) in [6, 6.07) is 6.44. The number of pyridine rings is 1. The monoisotopic (exact) mass is 389 g/mol. The number of carbonyl (C=O) groups is 1. The molecule has 6 heteroatoms. The smallest absolute Gasteiger partial charge is 0.220 e. The Kier molecular flexibility index (Phi) is 5.04. The third-order valence-corrected chi connectivity index (χ3v) is 6.84. The highest BCUT2D eigenvalue weighted by Gasteiger charge is 2.58. The summed E-state index contributed by atoms with van der Waals surface area (Å²) in [5.74, 6) is 0.200. The van der Waals surface area contributed by atoms with Crippen molar-refractivity contribution in [2.75, 3.05) is 13.1 Å². The van der Waals surface area contributed by atoms with Gasteiger partial charge in [-0.25, -0.2) is 0 Å². The van der Waals surface area contributed by atoms with Crippen LogP contribution in [0.1, 0.15) is 37.4 Å². The van der Waals surface area contributed by atoms with Crippen LogP contribution in [-0.2, 0) is 17.9 Å². The van der Waals surface area contributed by atoms with Crippen LogP contribution in [0.4, 0.5) is 0 Å². The molecule has 0 unspecified atom stereocenters. The second-order valence-corrected chi connectivity index (χ2v) is 8.82. The van der Waals surface area contributed by atoms with E-state index >= 15 is 0 Å². The van der Waals surface area contributed by atoms with Crippen molar-refractivity contribution in [1.29, 1.82) is 0 Å². The minimum Gasteiger partial charge on any atom is -0.335 e. The molecular weight excluding hydrogens is 366 g/mol. The van der Waals surface area contributed by atoms with Gasteiger partial charge < -0.3 is 4.90 Å². The molecule has 0 aromatic carbocycles. The van der Waals surface area contributed by atoms with Crippen molar-refractivity contribution in [3.63, 3.8) is 0 Å². The summed E-state index contributed by atoms with van der Waals surface area (Å²) in [7, 11) is 0. The molecule has 1 saturated heterocycles. The second kappa shape index (κ2) is 7.29. The van der Waals surface area contributed by atoms with Gasteiger partial charge in [-0.3, -0.25) is 14.7 Å². The van der Waals surface area contributed by atoms with E-state index < -0.39 is 0 Å². The molecular formula is C20H24ClN3OS. The maximum Gasteiger partial charge on any atom is 0.220 e. The van der Waals surface area contributed by atoms with Gasteiger partial charge in [0.1, 0.15) is 0 Å². The van der Waals surface area contributed by atoms with Crippen LogP contribution in [-0.4, -0.2) is 39.8 Å².